The standard InChI is InChI=1S/C28H18Br4N2/c29-15-1-5-23-19(11-15)20-12-16(30)2-6-24(20)33(23)27-9-10-28(27)34-25-7-3-17(31)13-21(25)22-14-18(32)4-8-26(22)34/h1-8,11-14,27-28H,9-10H2/t27-,28-/m1/s1. The summed E-state index contributed by atoms with van der Waals surface area (Å²) in [5.74, 6) is 0. The van der Waals surface area contributed by atoms with Gasteiger partial charge in [0.1, 0.15) is 0 Å². The van der Waals surface area contributed by atoms with Gasteiger partial charge in [0, 0.05) is 61.5 Å². The summed E-state index contributed by atoms with van der Waals surface area (Å²) in [4.78, 5) is 0. The Morgan fingerprint density at radius 3 is 0.941 bits per heavy atom. The molecular weight excluding hydrogens is 684 g/mol. The minimum absolute atomic E-state index is 0.397. The van der Waals surface area contributed by atoms with Crippen LogP contribution in [0.3, 0.4) is 0 Å². The van der Waals surface area contributed by atoms with Crippen molar-refractivity contribution in [1.82, 2.24) is 9.13 Å². The van der Waals surface area contributed by atoms with Crippen LogP contribution in [0.4, 0.5) is 0 Å². The minimum Gasteiger partial charge on any atom is -0.335 e. The van der Waals surface area contributed by atoms with E-state index in [-0.39, 0.29) is 0 Å². The van der Waals surface area contributed by atoms with Gasteiger partial charge in [-0.2, -0.15) is 0 Å². The van der Waals surface area contributed by atoms with Gasteiger partial charge in [0.15, 0.2) is 0 Å². The van der Waals surface area contributed by atoms with Gasteiger partial charge >= 0.3 is 0 Å². The highest BCUT2D eigenvalue weighted by atomic mass is 79.9. The van der Waals surface area contributed by atoms with E-state index >= 15 is 0 Å². The Kier molecular flexibility index (Phi) is 5.07. The second-order valence-corrected chi connectivity index (χ2v) is 12.8. The quantitative estimate of drug-likeness (QED) is 0.170. The van der Waals surface area contributed by atoms with E-state index in [2.05, 4.69) is 146 Å². The summed E-state index contributed by atoms with van der Waals surface area (Å²) in [6.45, 7) is 0. The van der Waals surface area contributed by atoms with E-state index in [0.29, 0.717) is 12.1 Å². The predicted octanol–water partition coefficient (Wildman–Crippen LogP) is 10.5. The van der Waals surface area contributed by atoms with Crippen LogP contribution in [0.25, 0.3) is 43.6 Å². The molecule has 1 aliphatic carbocycles. The summed E-state index contributed by atoms with van der Waals surface area (Å²) in [6.07, 6.45) is 2.34. The molecule has 1 aliphatic rings. The first-order chi connectivity index (χ1) is 16.5. The number of hydrogen-bond donors (Lipinski definition) is 0. The molecule has 168 valence electrons. The van der Waals surface area contributed by atoms with Gasteiger partial charge in [-0.25, -0.2) is 0 Å². The van der Waals surface area contributed by atoms with Crippen LogP contribution in [0, 0.1) is 0 Å². The Balaban J connectivity index is 1.49. The molecule has 7 rings (SSSR count). The van der Waals surface area contributed by atoms with Crippen molar-refractivity contribution in [2.45, 2.75) is 24.9 Å². The normalized spacial score (nSPS) is 18.4. The highest BCUT2D eigenvalue weighted by Crippen LogP contribution is 2.50. The fourth-order valence-electron chi connectivity index (χ4n) is 5.78. The number of hydrogen-bond acceptors (Lipinski definition) is 0. The molecule has 0 aliphatic heterocycles. The fourth-order valence-corrected chi connectivity index (χ4v) is 7.22. The molecule has 6 heteroatoms. The topological polar surface area (TPSA) is 9.86 Å². The minimum atomic E-state index is 0.397. The Labute approximate surface area is 230 Å². The van der Waals surface area contributed by atoms with Gasteiger partial charge in [-0.1, -0.05) is 63.7 Å². The molecule has 2 aromatic heterocycles. The van der Waals surface area contributed by atoms with E-state index in [4.69, 9.17) is 0 Å². The third-order valence-electron chi connectivity index (χ3n) is 7.32. The summed E-state index contributed by atoms with van der Waals surface area (Å²) in [5.41, 5.74) is 5.21. The first-order valence-electron chi connectivity index (χ1n) is 11.3. The van der Waals surface area contributed by atoms with Crippen molar-refractivity contribution in [2.24, 2.45) is 0 Å². The van der Waals surface area contributed by atoms with E-state index in [0.717, 1.165) is 17.9 Å². The largest absolute Gasteiger partial charge is 0.335 e. The van der Waals surface area contributed by atoms with Crippen LogP contribution in [0.1, 0.15) is 24.9 Å². The van der Waals surface area contributed by atoms with Crippen molar-refractivity contribution in [3.8, 4) is 0 Å². The first-order valence-corrected chi connectivity index (χ1v) is 14.4. The van der Waals surface area contributed by atoms with Crippen LogP contribution in [0.5, 0.6) is 0 Å². The van der Waals surface area contributed by atoms with Gasteiger partial charge in [-0.3, -0.25) is 0 Å². The van der Waals surface area contributed by atoms with E-state index in [9.17, 15) is 0 Å². The molecule has 0 saturated heterocycles. The molecular formula is C28H18Br4N2. The van der Waals surface area contributed by atoms with Crippen LogP contribution in [-0.2, 0) is 0 Å². The average Bonchev–Trinajstić information content (AvgIpc) is 3.25. The zero-order valence-corrected chi connectivity index (χ0v) is 24.2. The molecule has 0 N–H and O–H groups in total. The lowest BCUT2D eigenvalue weighted by molar-refractivity contribution is 0.205. The molecule has 1 fully saturated rings. The molecule has 0 radical (unpaired) electrons. The second-order valence-electron chi connectivity index (χ2n) is 9.10. The summed E-state index contributed by atoms with van der Waals surface area (Å²) in [6, 6.07) is 27.5. The Bertz CT molecular complexity index is 1530. The summed E-state index contributed by atoms with van der Waals surface area (Å²) in [5, 5.41) is 5.19. The third-order valence-corrected chi connectivity index (χ3v) is 9.29. The van der Waals surface area contributed by atoms with Gasteiger partial charge < -0.3 is 9.13 Å². The van der Waals surface area contributed by atoms with Crippen LogP contribution >= 0.6 is 63.7 Å². The lowest BCUT2D eigenvalue weighted by Gasteiger charge is -2.40. The molecule has 1 saturated carbocycles. The maximum atomic E-state index is 3.69. The van der Waals surface area contributed by atoms with E-state index in [1.165, 1.54) is 56.5 Å². The first kappa shape index (κ1) is 21.7. The summed E-state index contributed by atoms with van der Waals surface area (Å²) in [7, 11) is 0. The van der Waals surface area contributed by atoms with E-state index in [1.807, 2.05) is 0 Å². The van der Waals surface area contributed by atoms with Gasteiger partial charge in [-0.05, 0) is 85.6 Å². The number of fused-ring (bicyclic) bond motifs is 6. The second kappa shape index (κ2) is 7.95. The molecule has 6 aromatic rings. The van der Waals surface area contributed by atoms with Gasteiger partial charge in [0.2, 0.25) is 0 Å². The maximum absolute atomic E-state index is 3.69. The van der Waals surface area contributed by atoms with Crippen molar-refractivity contribution in [3.05, 3.63) is 90.7 Å². The number of aromatic nitrogens is 2. The molecule has 0 bridgehead atoms. The van der Waals surface area contributed by atoms with Crippen molar-refractivity contribution in [1.29, 1.82) is 0 Å². The molecule has 0 unspecified atom stereocenters. The highest BCUT2D eigenvalue weighted by molar-refractivity contribution is 9.11. The number of benzene rings is 4. The van der Waals surface area contributed by atoms with Gasteiger partial charge in [0.05, 0.1) is 12.1 Å². The Hall–Kier alpha value is -1.60. The van der Waals surface area contributed by atoms with Crippen LogP contribution in [0.15, 0.2) is 90.7 Å². The van der Waals surface area contributed by atoms with Crippen molar-refractivity contribution < 1.29 is 0 Å². The monoisotopic (exact) mass is 698 g/mol. The zero-order valence-electron chi connectivity index (χ0n) is 17.9. The lowest BCUT2D eigenvalue weighted by Crippen LogP contribution is -2.31. The van der Waals surface area contributed by atoms with Crippen molar-refractivity contribution >= 4 is 107 Å². The zero-order chi connectivity index (χ0) is 23.1. The van der Waals surface area contributed by atoms with Crippen molar-refractivity contribution in [2.75, 3.05) is 0 Å². The Morgan fingerprint density at radius 2 is 0.706 bits per heavy atom. The van der Waals surface area contributed by atoms with E-state index < -0.39 is 0 Å². The van der Waals surface area contributed by atoms with Gasteiger partial charge in [-0.15, -0.1) is 0 Å². The summed E-state index contributed by atoms with van der Waals surface area (Å²) < 4.78 is 9.64. The molecule has 2 atom stereocenters. The molecule has 4 aromatic carbocycles. The molecule has 0 amide bonds. The smallest absolute Gasteiger partial charge is 0.0551 e. The summed E-state index contributed by atoms with van der Waals surface area (Å²) >= 11 is 14.8. The van der Waals surface area contributed by atoms with Crippen LogP contribution in [0.2, 0.25) is 0 Å². The van der Waals surface area contributed by atoms with Crippen molar-refractivity contribution in [3.63, 3.8) is 0 Å². The average molecular weight is 702 g/mol. The SMILES string of the molecule is Brc1ccc2c(c1)c1cc(Br)ccc1n2[C@@H]1CC[C@H]1n1c2ccc(Br)cc2c2cc(Br)ccc21. The number of rotatable bonds is 2. The highest BCUT2D eigenvalue weighted by Gasteiger charge is 2.37. The van der Waals surface area contributed by atoms with E-state index in [1.54, 1.807) is 0 Å². The molecule has 2 heterocycles. The van der Waals surface area contributed by atoms with Gasteiger partial charge in [0.25, 0.3) is 0 Å². The number of nitrogens with zero attached hydrogens (tertiary/aromatic N) is 2. The van der Waals surface area contributed by atoms with Crippen LogP contribution in [-0.4, -0.2) is 9.13 Å². The molecule has 34 heavy (non-hydrogen) atoms. The Morgan fingerprint density at radius 1 is 0.441 bits per heavy atom. The number of halogens is 4. The predicted molar refractivity (Wildman–Crippen MR) is 157 cm³/mol. The third kappa shape index (κ3) is 3.15. The fraction of sp³-hybridized carbons (Fsp3) is 0.143. The molecule has 0 spiro atoms. The lowest BCUT2D eigenvalue weighted by atomic mass is 9.85. The van der Waals surface area contributed by atoms with Crippen LogP contribution < -0.4 is 0 Å². The maximum Gasteiger partial charge on any atom is 0.0551 e. The molecule has 2 nitrogen and oxygen atoms in total.